The van der Waals surface area contributed by atoms with E-state index in [2.05, 4.69) is 15.2 Å². The Morgan fingerprint density at radius 1 is 1.17 bits per heavy atom. The molecule has 0 saturated carbocycles. The minimum Gasteiger partial charge on any atom is -0.419 e. The SMILES string of the molecule is CN(C)CCCNc1oc(-c2ccc(S(=O)(=O)N3CCCCCC3)cc2)nc1C#N. The van der Waals surface area contributed by atoms with Crippen molar-refractivity contribution in [1.82, 2.24) is 14.2 Å². The van der Waals surface area contributed by atoms with Crippen molar-refractivity contribution < 1.29 is 12.8 Å². The Bertz CT molecular complexity index is 969. The molecule has 9 heteroatoms. The van der Waals surface area contributed by atoms with E-state index in [-0.39, 0.29) is 10.6 Å². The third-order valence-electron chi connectivity index (χ3n) is 5.10. The Morgan fingerprint density at radius 3 is 2.43 bits per heavy atom. The molecule has 0 bridgehead atoms. The molecular formula is C21H29N5O3S. The minimum atomic E-state index is -3.50. The summed E-state index contributed by atoms with van der Waals surface area (Å²) in [6.07, 6.45) is 4.84. The van der Waals surface area contributed by atoms with Crippen molar-refractivity contribution in [2.45, 2.75) is 37.0 Å². The Balaban J connectivity index is 1.73. The monoisotopic (exact) mass is 431 g/mol. The van der Waals surface area contributed by atoms with E-state index in [1.807, 2.05) is 20.2 Å². The second-order valence-corrected chi connectivity index (χ2v) is 9.67. The number of nitriles is 1. The van der Waals surface area contributed by atoms with Gasteiger partial charge in [-0.05, 0) is 64.2 Å². The van der Waals surface area contributed by atoms with Crippen molar-refractivity contribution in [3.8, 4) is 17.5 Å². The molecule has 30 heavy (non-hydrogen) atoms. The lowest BCUT2D eigenvalue weighted by atomic mass is 10.2. The molecule has 1 aromatic heterocycles. The Morgan fingerprint density at radius 2 is 1.83 bits per heavy atom. The summed E-state index contributed by atoms with van der Waals surface area (Å²) < 4.78 is 33.1. The largest absolute Gasteiger partial charge is 0.419 e. The molecule has 162 valence electrons. The molecular weight excluding hydrogens is 402 g/mol. The number of anilines is 1. The number of nitrogens with zero attached hydrogens (tertiary/aromatic N) is 4. The second-order valence-electron chi connectivity index (χ2n) is 7.73. The topological polar surface area (TPSA) is 102 Å². The molecule has 0 aliphatic carbocycles. The number of oxazole rings is 1. The van der Waals surface area contributed by atoms with Gasteiger partial charge < -0.3 is 14.6 Å². The maximum Gasteiger partial charge on any atom is 0.243 e. The van der Waals surface area contributed by atoms with Gasteiger partial charge in [-0.3, -0.25) is 0 Å². The van der Waals surface area contributed by atoms with Crippen molar-refractivity contribution in [2.24, 2.45) is 0 Å². The van der Waals surface area contributed by atoms with E-state index < -0.39 is 10.0 Å². The van der Waals surface area contributed by atoms with E-state index in [1.54, 1.807) is 28.6 Å². The highest BCUT2D eigenvalue weighted by Crippen LogP contribution is 2.27. The van der Waals surface area contributed by atoms with Crippen LogP contribution in [0.3, 0.4) is 0 Å². The summed E-state index contributed by atoms with van der Waals surface area (Å²) in [7, 11) is 0.508. The van der Waals surface area contributed by atoms with Gasteiger partial charge in [0.15, 0.2) is 0 Å². The van der Waals surface area contributed by atoms with Gasteiger partial charge in [0.05, 0.1) is 4.90 Å². The van der Waals surface area contributed by atoms with E-state index in [0.717, 1.165) is 38.6 Å². The van der Waals surface area contributed by atoms with Gasteiger partial charge >= 0.3 is 0 Å². The van der Waals surface area contributed by atoms with Gasteiger partial charge in [0.1, 0.15) is 6.07 Å². The number of hydrogen-bond donors (Lipinski definition) is 1. The maximum atomic E-state index is 12.9. The van der Waals surface area contributed by atoms with Gasteiger partial charge in [0, 0.05) is 25.2 Å². The van der Waals surface area contributed by atoms with Crippen molar-refractivity contribution in [2.75, 3.05) is 45.6 Å². The zero-order chi connectivity index (χ0) is 21.6. The highest BCUT2D eigenvalue weighted by atomic mass is 32.2. The quantitative estimate of drug-likeness (QED) is 0.641. The van der Waals surface area contributed by atoms with E-state index >= 15 is 0 Å². The van der Waals surface area contributed by atoms with Crippen LogP contribution in [-0.4, -0.2) is 62.9 Å². The minimum absolute atomic E-state index is 0.191. The van der Waals surface area contributed by atoms with E-state index in [1.165, 1.54) is 0 Å². The molecule has 1 saturated heterocycles. The summed E-state index contributed by atoms with van der Waals surface area (Å²) >= 11 is 0. The second kappa shape index (κ2) is 10.1. The summed E-state index contributed by atoms with van der Waals surface area (Å²) in [6.45, 7) is 2.72. The summed E-state index contributed by atoms with van der Waals surface area (Å²) in [5, 5.41) is 12.4. The lowest BCUT2D eigenvalue weighted by Gasteiger charge is -2.19. The average molecular weight is 432 g/mol. The zero-order valence-corrected chi connectivity index (χ0v) is 18.4. The third-order valence-corrected chi connectivity index (χ3v) is 7.02. The number of aromatic nitrogens is 1. The van der Waals surface area contributed by atoms with Crippen molar-refractivity contribution in [1.29, 1.82) is 5.26 Å². The first-order chi connectivity index (χ1) is 14.4. The molecule has 2 heterocycles. The number of sulfonamides is 1. The summed E-state index contributed by atoms with van der Waals surface area (Å²) in [4.78, 5) is 6.60. The number of nitrogens with one attached hydrogen (secondary N) is 1. The average Bonchev–Trinajstić information content (AvgIpc) is 2.94. The van der Waals surface area contributed by atoms with Crippen LogP contribution in [0.2, 0.25) is 0 Å². The van der Waals surface area contributed by atoms with Gasteiger partial charge in [-0.25, -0.2) is 8.42 Å². The normalized spacial score (nSPS) is 15.7. The molecule has 8 nitrogen and oxygen atoms in total. The molecule has 0 unspecified atom stereocenters. The Hall–Kier alpha value is -2.41. The predicted octanol–water partition coefficient (Wildman–Crippen LogP) is 3.14. The van der Waals surface area contributed by atoms with E-state index in [4.69, 9.17) is 4.42 Å². The Labute approximate surface area is 178 Å². The van der Waals surface area contributed by atoms with Crippen LogP contribution in [0.1, 0.15) is 37.8 Å². The fourth-order valence-electron chi connectivity index (χ4n) is 3.44. The smallest absolute Gasteiger partial charge is 0.243 e. The van der Waals surface area contributed by atoms with Gasteiger partial charge in [0.2, 0.25) is 27.5 Å². The predicted molar refractivity (Wildman–Crippen MR) is 116 cm³/mol. The zero-order valence-electron chi connectivity index (χ0n) is 17.6. The van der Waals surface area contributed by atoms with E-state index in [9.17, 15) is 13.7 Å². The number of benzene rings is 1. The maximum absolute atomic E-state index is 12.9. The molecule has 2 aromatic rings. The summed E-state index contributed by atoms with van der Waals surface area (Å²) in [5.74, 6) is 0.632. The molecule has 0 radical (unpaired) electrons. The van der Waals surface area contributed by atoms with Crippen LogP contribution >= 0.6 is 0 Å². The van der Waals surface area contributed by atoms with Crippen LogP contribution in [0.5, 0.6) is 0 Å². The first kappa shape index (κ1) is 22.3. The fourth-order valence-corrected chi connectivity index (χ4v) is 4.95. The van der Waals surface area contributed by atoms with Crippen LogP contribution in [0.25, 0.3) is 11.5 Å². The standard InChI is InChI=1S/C21H29N5O3S/c1-25(2)13-7-12-23-21-19(16-22)24-20(29-21)17-8-10-18(11-9-17)30(27,28)26-14-5-3-4-6-15-26/h8-11,23H,3-7,12-15H2,1-2H3. The molecule has 1 aromatic carbocycles. The molecule has 1 fully saturated rings. The molecule has 1 aliphatic rings. The molecule has 0 amide bonds. The molecule has 1 N–H and O–H groups in total. The Kier molecular flexibility index (Phi) is 7.48. The first-order valence-corrected chi connectivity index (χ1v) is 11.8. The molecule has 0 spiro atoms. The number of rotatable bonds is 8. The van der Waals surface area contributed by atoms with Gasteiger partial charge in [-0.2, -0.15) is 14.6 Å². The van der Waals surface area contributed by atoms with Crippen LogP contribution in [-0.2, 0) is 10.0 Å². The first-order valence-electron chi connectivity index (χ1n) is 10.3. The number of hydrogen-bond acceptors (Lipinski definition) is 7. The third kappa shape index (κ3) is 5.39. The van der Waals surface area contributed by atoms with Crippen LogP contribution in [0.15, 0.2) is 33.6 Å². The van der Waals surface area contributed by atoms with Gasteiger partial charge in [-0.1, -0.05) is 12.8 Å². The lowest BCUT2D eigenvalue weighted by Crippen LogP contribution is -2.31. The van der Waals surface area contributed by atoms with Gasteiger partial charge in [0.25, 0.3) is 0 Å². The van der Waals surface area contributed by atoms with Crippen molar-refractivity contribution in [3.63, 3.8) is 0 Å². The van der Waals surface area contributed by atoms with Crippen molar-refractivity contribution >= 4 is 15.9 Å². The summed E-state index contributed by atoms with van der Waals surface area (Å²) in [5.41, 5.74) is 0.818. The lowest BCUT2D eigenvalue weighted by molar-refractivity contribution is 0.404. The van der Waals surface area contributed by atoms with E-state index in [0.29, 0.717) is 37.0 Å². The highest BCUT2D eigenvalue weighted by Gasteiger charge is 2.25. The fraction of sp³-hybridized carbons (Fsp3) is 0.524. The van der Waals surface area contributed by atoms with Crippen LogP contribution in [0.4, 0.5) is 5.88 Å². The molecule has 3 rings (SSSR count). The van der Waals surface area contributed by atoms with Crippen molar-refractivity contribution in [3.05, 3.63) is 30.0 Å². The highest BCUT2D eigenvalue weighted by molar-refractivity contribution is 7.89. The molecule has 1 aliphatic heterocycles. The van der Waals surface area contributed by atoms with Crippen LogP contribution in [0, 0.1) is 11.3 Å². The summed E-state index contributed by atoms with van der Waals surface area (Å²) in [6, 6.07) is 8.55. The molecule has 0 atom stereocenters. The van der Waals surface area contributed by atoms with Crippen LogP contribution < -0.4 is 5.32 Å². The van der Waals surface area contributed by atoms with Gasteiger partial charge in [-0.15, -0.1) is 0 Å².